The Balaban J connectivity index is 2.30. The highest BCUT2D eigenvalue weighted by Gasteiger charge is 2.04. The minimum absolute atomic E-state index is 0.155. The molecule has 2 rings (SSSR count). The van der Waals surface area contributed by atoms with Gasteiger partial charge in [0.1, 0.15) is 16.5 Å². The normalized spacial score (nSPS) is 10.1. The van der Waals surface area contributed by atoms with E-state index < -0.39 is 0 Å². The van der Waals surface area contributed by atoms with E-state index in [2.05, 4.69) is 4.98 Å². The number of nitrogens with zero attached hydrogens (tertiary/aromatic N) is 1. The SMILES string of the molecule is Cc1cc(O)cc(Oc2ncccc2Cl)c1. The van der Waals surface area contributed by atoms with Gasteiger partial charge >= 0.3 is 0 Å². The molecule has 1 aromatic carbocycles. The largest absolute Gasteiger partial charge is 0.508 e. The van der Waals surface area contributed by atoms with Gasteiger partial charge in [-0.15, -0.1) is 0 Å². The maximum Gasteiger partial charge on any atom is 0.238 e. The van der Waals surface area contributed by atoms with Crippen LogP contribution in [-0.2, 0) is 0 Å². The number of halogens is 1. The van der Waals surface area contributed by atoms with Gasteiger partial charge in [-0.3, -0.25) is 0 Å². The first-order valence-corrected chi connectivity index (χ1v) is 5.12. The molecule has 0 aliphatic heterocycles. The molecule has 0 fully saturated rings. The van der Waals surface area contributed by atoms with Gasteiger partial charge in [0.05, 0.1) is 0 Å². The maximum absolute atomic E-state index is 9.41. The van der Waals surface area contributed by atoms with Gasteiger partial charge < -0.3 is 9.84 Å². The number of phenols is 1. The Labute approximate surface area is 98.3 Å². The molecular weight excluding hydrogens is 226 g/mol. The van der Waals surface area contributed by atoms with Crippen LogP contribution < -0.4 is 4.74 Å². The molecule has 0 aliphatic rings. The second-order valence-electron chi connectivity index (χ2n) is 3.40. The third-order valence-corrected chi connectivity index (χ3v) is 2.26. The van der Waals surface area contributed by atoms with Crippen molar-refractivity contribution in [1.82, 2.24) is 4.98 Å². The fourth-order valence-corrected chi connectivity index (χ4v) is 1.51. The van der Waals surface area contributed by atoms with E-state index in [9.17, 15) is 5.11 Å². The molecule has 0 saturated heterocycles. The zero-order chi connectivity index (χ0) is 11.5. The van der Waals surface area contributed by atoms with E-state index in [0.717, 1.165) is 5.56 Å². The average Bonchev–Trinajstić information content (AvgIpc) is 2.20. The molecule has 2 aromatic rings. The molecule has 4 heteroatoms. The number of hydrogen-bond acceptors (Lipinski definition) is 3. The molecular formula is C12H10ClNO2. The van der Waals surface area contributed by atoms with Crippen molar-refractivity contribution in [3.05, 3.63) is 47.1 Å². The van der Waals surface area contributed by atoms with Crippen molar-refractivity contribution in [3.8, 4) is 17.4 Å². The molecule has 0 unspecified atom stereocenters. The maximum atomic E-state index is 9.41. The Morgan fingerprint density at radius 3 is 2.81 bits per heavy atom. The van der Waals surface area contributed by atoms with Crippen LogP contribution in [0.4, 0.5) is 0 Å². The molecule has 0 saturated carbocycles. The van der Waals surface area contributed by atoms with Crippen LogP contribution in [0.2, 0.25) is 5.02 Å². The monoisotopic (exact) mass is 235 g/mol. The summed E-state index contributed by atoms with van der Waals surface area (Å²) in [7, 11) is 0. The minimum Gasteiger partial charge on any atom is -0.508 e. The standard InChI is InChI=1S/C12H10ClNO2/c1-8-5-9(15)7-10(6-8)16-12-11(13)3-2-4-14-12/h2-7,15H,1H3. The van der Waals surface area contributed by atoms with Gasteiger partial charge in [0.2, 0.25) is 5.88 Å². The molecule has 0 aliphatic carbocycles. The van der Waals surface area contributed by atoms with Gasteiger partial charge in [-0.2, -0.15) is 0 Å². The van der Waals surface area contributed by atoms with Crippen molar-refractivity contribution in [2.75, 3.05) is 0 Å². The smallest absolute Gasteiger partial charge is 0.238 e. The number of hydrogen-bond donors (Lipinski definition) is 1. The van der Waals surface area contributed by atoms with Gasteiger partial charge in [-0.1, -0.05) is 11.6 Å². The number of aryl methyl sites for hydroxylation is 1. The molecule has 1 N–H and O–H groups in total. The van der Waals surface area contributed by atoms with Crippen molar-refractivity contribution < 1.29 is 9.84 Å². The minimum atomic E-state index is 0.155. The number of rotatable bonds is 2. The molecule has 82 valence electrons. The number of aromatic hydroxyl groups is 1. The fourth-order valence-electron chi connectivity index (χ4n) is 1.35. The number of benzene rings is 1. The van der Waals surface area contributed by atoms with Crippen molar-refractivity contribution >= 4 is 11.6 Å². The molecule has 16 heavy (non-hydrogen) atoms. The van der Waals surface area contributed by atoms with Gasteiger partial charge in [0.15, 0.2) is 0 Å². The van der Waals surface area contributed by atoms with E-state index in [-0.39, 0.29) is 5.75 Å². The summed E-state index contributed by atoms with van der Waals surface area (Å²) < 4.78 is 5.47. The lowest BCUT2D eigenvalue weighted by atomic mass is 10.2. The lowest BCUT2D eigenvalue weighted by molar-refractivity contribution is 0.445. The molecule has 0 spiro atoms. The molecule has 0 radical (unpaired) electrons. The highest BCUT2D eigenvalue weighted by Crippen LogP contribution is 2.29. The lowest BCUT2D eigenvalue weighted by Crippen LogP contribution is -1.88. The molecule has 3 nitrogen and oxygen atoms in total. The molecule has 1 heterocycles. The van der Waals surface area contributed by atoms with Crippen LogP contribution in [0.5, 0.6) is 17.4 Å². The summed E-state index contributed by atoms with van der Waals surface area (Å²) in [5.41, 5.74) is 0.905. The summed E-state index contributed by atoms with van der Waals surface area (Å²) in [6.07, 6.45) is 1.59. The zero-order valence-electron chi connectivity index (χ0n) is 8.64. The highest BCUT2D eigenvalue weighted by atomic mass is 35.5. The van der Waals surface area contributed by atoms with Gasteiger partial charge in [-0.05, 0) is 36.8 Å². The summed E-state index contributed by atoms with van der Waals surface area (Å²) in [4.78, 5) is 4.00. The predicted molar refractivity (Wildman–Crippen MR) is 62.2 cm³/mol. The van der Waals surface area contributed by atoms with Gasteiger partial charge in [0.25, 0.3) is 0 Å². The third-order valence-electron chi connectivity index (χ3n) is 1.97. The molecule has 0 amide bonds. The van der Waals surface area contributed by atoms with Gasteiger partial charge in [0, 0.05) is 12.3 Å². The van der Waals surface area contributed by atoms with Crippen LogP contribution in [0.3, 0.4) is 0 Å². The van der Waals surface area contributed by atoms with Gasteiger partial charge in [-0.25, -0.2) is 4.98 Å². The van der Waals surface area contributed by atoms with Crippen LogP contribution >= 0.6 is 11.6 Å². The van der Waals surface area contributed by atoms with Crippen LogP contribution in [0.15, 0.2) is 36.5 Å². The quantitative estimate of drug-likeness (QED) is 0.866. The topological polar surface area (TPSA) is 42.4 Å². The number of aromatic nitrogens is 1. The number of pyridine rings is 1. The Morgan fingerprint density at radius 2 is 2.12 bits per heavy atom. The van der Waals surface area contributed by atoms with E-state index in [1.54, 1.807) is 30.5 Å². The molecule has 1 aromatic heterocycles. The van der Waals surface area contributed by atoms with E-state index >= 15 is 0 Å². The fraction of sp³-hybridized carbons (Fsp3) is 0.0833. The second-order valence-corrected chi connectivity index (χ2v) is 3.80. The summed E-state index contributed by atoms with van der Waals surface area (Å²) in [5.74, 6) is 0.995. The first kappa shape index (κ1) is 10.8. The third kappa shape index (κ3) is 2.44. The second kappa shape index (κ2) is 4.41. The van der Waals surface area contributed by atoms with E-state index in [0.29, 0.717) is 16.7 Å². The summed E-state index contributed by atoms with van der Waals surface area (Å²) >= 11 is 5.90. The van der Waals surface area contributed by atoms with Crippen molar-refractivity contribution in [2.24, 2.45) is 0 Å². The molecule has 0 bridgehead atoms. The summed E-state index contributed by atoms with van der Waals surface area (Å²) in [6, 6.07) is 8.37. The Morgan fingerprint density at radius 1 is 1.31 bits per heavy atom. The van der Waals surface area contributed by atoms with Crippen molar-refractivity contribution in [3.63, 3.8) is 0 Å². The van der Waals surface area contributed by atoms with Crippen molar-refractivity contribution in [2.45, 2.75) is 6.92 Å². The predicted octanol–water partition coefficient (Wildman–Crippen LogP) is 3.54. The Hall–Kier alpha value is -1.74. The summed E-state index contributed by atoms with van der Waals surface area (Å²) in [6.45, 7) is 1.87. The van der Waals surface area contributed by atoms with E-state index in [1.807, 2.05) is 6.92 Å². The van der Waals surface area contributed by atoms with Crippen LogP contribution in [0.1, 0.15) is 5.56 Å². The lowest BCUT2D eigenvalue weighted by Gasteiger charge is -2.07. The number of phenolic OH excluding ortho intramolecular Hbond substituents is 1. The zero-order valence-corrected chi connectivity index (χ0v) is 9.40. The van der Waals surface area contributed by atoms with E-state index in [1.165, 1.54) is 6.07 Å². The number of ether oxygens (including phenoxy) is 1. The van der Waals surface area contributed by atoms with Crippen LogP contribution in [0.25, 0.3) is 0 Å². The molecule has 0 atom stereocenters. The summed E-state index contributed by atoms with van der Waals surface area (Å²) in [5, 5.41) is 9.84. The highest BCUT2D eigenvalue weighted by molar-refractivity contribution is 6.31. The van der Waals surface area contributed by atoms with Crippen molar-refractivity contribution in [1.29, 1.82) is 0 Å². The van der Waals surface area contributed by atoms with Crippen LogP contribution in [0, 0.1) is 6.92 Å². The van der Waals surface area contributed by atoms with Crippen LogP contribution in [-0.4, -0.2) is 10.1 Å². The first-order chi connectivity index (χ1) is 7.65. The Kier molecular flexibility index (Phi) is 2.97. The Bertz CT molecular complexity index is 494. The first-order valence-electron chi connectivity index (χ1n) is 4.74. The van der Waals surface area contributed by atoms with E-state index in [4.69, 9.17) is 16.3 Å². The average molecular weight is 236 g/mol.